The summed E-state index contributed by atoms with van der Waals surface area (Å²) in [6.07, 6.45) is 3.16. The Hall–Kier alpha value is -0.180. The van der Waals surface area contributed by atoms with E-state index >= 15 is 0 Å². The number of unbranched alkanes of at least 4 members (excludes halogenated alkanes) is 2. The van der Waals surface area contributed by atoms with Crippen molar-refractivity contribution >= 4 is 41.7 Å². The van der Waals surface area contributed by atoms with Crippen LogP contribution in [0.3, 0.4) is 0 Å². The van der Waals surface area contributed by atoms with Crippen LogP contribution in [-0.2, 0) is 52.2 Å². The van der Waals surface area contributed by atoms with Crippen LogP contribution < -0.4 is 0 Å². The molecule has 0 N–H and O–H groups in total. The first-order valence-electron chi connectivity index (χ1n) is 9.74. The number of hydrogen-bond acceptors (Lipinski definition) is 8. The SMILES string of the molecule is CCCCC(=O)OC[C@H](COP(=S)([S-])OCC[N+](C)(C)C)OC(=O)CCCC. The lowest BCUT2D eigenvalue weighted by atomic mass is 10.2. The molecule has 1 unspecified atom stereocenters. The van der Waals surface area contributed by atoms with Gasteiger partial charge >= 0.3 is 11.9 Å². The van der Waals surface area contributed by atoms with Crippen LogP contribution in [0.2, 0.25) is 0 Å². The third-order valence-corrected chi connectivity index (χ3v) is 5.86. The van der Waals surface area contributed by atoms with Gasteiger partial charge in [-0.25, -0.2) is 0 Å². The van der Waals surface area contributed by atoms with Crippen molar-refractivity contribution in [1.29, 1.82) is 0 Å². The van der Waals surface area contributed by atoms with E-state index in [9.17, 15) is 9.59 Å². The minimum Gasteiger partial charge on any atom is -0.691 e. The lowest BCUT2D eigenvalue weighted by Crippen LogP contribution is -2.37. The molecule has 0 spiro atoms. The Balaban J connectivity index is 4.60. The van der Waals surface area contributed by atoms with Gasteiger partial charge in [-0.05, 0) is 12.8 Å². The smallest absolute Gasteiger partial charge is 0.306 e. The van der Waals surface area contributed by atoms with Gasteiger partial charge in [0.15, 0.2) is 6.10 Å². The number of ether oxygens (including phenoxy) is 2. The summed E-state index contributed by atoms with van der Waals surface area (Å²) >= 11 is 10.5. The van der Waals surface area contributed by atoms with Crippen LogP contribution in [0.5, 0.6) is 0 Å². The predicted molar refractivity (Wildman–Crippen MR) is 116 cm³/mol. The minimum atomic E-state index is -2.89. The molecule has 28 heavy (non-hydrogen) atoms. The van der Waals surface area contributed by atoms with Gasteiger partial charge in [-0.15, -0.1) is 0 Å². The van der Waals surface area contributed by atoms with Gasteiger partial charge in [0.2, 0.25) is 0 Å². The van der Waals surface area contributed by atoms with Gasteiger partial charge < -0.3 is 35.3 Å². The topological polar surface area (TPSA) is 71.1 Å². The van der Waals surface area contributed by atoms with Crippen molar-refractivity contribution in [2.24, 2.45) is 0 Å². The first-order valence-corrected chi connectivity index (χ1v) is 13.4. The molecule has 0 bridgehead atoms. The van der Waals surface area contributed by atoms with Gasteiger partial charge in [0.1, 0.15) is 19.8 Å². The summed E-state index contributed by atoms with van der Waals surface area (Å²) in [6.45, 7) is 4.98. The van der Waals surface area contributed by atoms with Crippen LogP contribution in [0.4, 0.5) is 0 Å². The number of esters is 2. The molecule has 0 amide bonds. The molecule has 0 aliphatic carbocycles. The number of hydrogen-bond donors (Lipinski definition) is 0. The van der Waals surface area contributed by atoms with E-state index in [2.05, 4.69) is 0 Å². The van der Waals surface area contributed by atoms with Crippen LogP contribution >= 0.6 is 5.69 Å². The second-order valence-electron chi connectivity index (χ2n) is 7.59. The Morgan fingerprint density at radius 1 is 1.00 bits per heavy atom. The zero-order chi connectivity index (χ0) is 21.6. The molecule has 0 fully saturated rings. The van der Waals surface area contributed by atoms with Crippen LogP contribution in [0.25, 0.3) is 0 Å². The molecule has 0 saturated carbocycles. The Morgan fingerprint density at radius 2 is 1.57 bits per heavy atom. The van der Waals surface area contributed by atoms with E-state index in [0.29, 0.717) is 19.4 Å². The van der Waals surface area contributed by atoms with Gasteiger partial charge in [-0.3, -0.25) is 9.59 Å². The summed E-state index contributed by atoms with van der Waals surface area (Å²) in [6, 6.07) is 0. The minimum absolute atomic E-state index is 0.0515. The van der Waals surface area contributed by atoms with Crippen LogP contribution in [0, 0.1) is 0 Å². The van der Waals surface area contributed by atoms with Gasteiger partial charge in [0, 0.05) is 12.8 Å². The fourth-order valence-corrected chi connectivity index (χ4v) is 3.44. The molecule has 7 nitrogen and oxygen atoms in total. The van der Waals surface area contributed by atoms with Crippen molar-refractivity contribution in [2.45, 2.75) is 58.5 Å². The largest absolute Gasteiger partial charge is 0.691 e. The summed E-state index contributed by atoms with van der Waals surface area (Å²) in [4.78, 5) is 23.7. The number of carbonyl (C=O) groups is 2. The normalized spacial score (nSPS) is 14.9. The fraction of sp³-hybridized carbons (Fsp3) is 0.889. The van der Waals surface area contributed by atoms with Crippen molar-refractivity contribution in [3.05, 3.63) is 0 Å². The van der Waals surface area contributed by atoms with Crippen molar-refractivity contribution in [3.8, 4) is 0 Å². The fourth-order valence-electron chi connectivity index (χ4n) is 1.90. The van der Waals surface area contributed by atoms with Gasteiger partial charge in [-0.1, -0.05) is 38.5 Å². The average Bonchev–Trinajstić information content (AvgIpc) is 2.59. The van der Waals surface area contributed by atoms with E-state index in [0.717, 1.165) is 36.7 Å². The molecular formula is C18H36NO6PS2. The number of nitrogens with zero attached hydrogens (tertiary/aromatic N) is 1. The Labute approximate surface area is 180 Å². The maximum absolute atomic E-state index is 11.9. The molecule has 0 aromatic rings. The van der Waals surface area contributed by atoms with Crippen LogP contribution in [0.15, 0.2) is 0 Å². The molecule has 0 aromatic carbocycles. The molecule has 0 radical (unpaired) electrons. The maximum atomic E-state index is 11.9. The van der Waals surface area contributed by atoms with Crippen molar-refractivity contribution in [2.75, 3.05) is 47.5 Å². The summed E-state index contributed by atoms with van der Waals surface area (Å²) < 4.78 is 22.4. The number of rotatable bonds is 16. The highest BCUT2D eigenvalue weighted by molar-refractivity contribution is 8.51. The molecule has 0 rings (SSSR count). The van der Waals surface area contributed by atoms with Crippen molar-refractivity contribution in [1.82, 2.24) is 0 Å². The highest BCUT2D eigenvalue weighted by atomic mass is 32.9. The quantitative estimate of drug-likeness (QED) is 0.151. The van der Waals surface area contributed by atoms with E-state index in [4.69, 9.17) is 42.6 Å². The molecule has 0 saturated heterocycles. The zero-order valence-corrected chi connectivity index (χ0v) is 20.3. The van der Waals surface area contributed by atoms with E-state index in [1.807, 2.05) is 35.0 Å². The Morgan fingerprint density at radius 3 is 2.11 bits per heavy atom. The lowest BCUT2D eigenvalue weighted by Gasteiger charge is -2.32. The second kappa shape index (κ2) is 14.7. The monoisotopic (exact) mass is 457 g/mol. The molecule has 166 valence electrons. The predicted octanol–water partition coefficient (Wildman–Crippen LogP) is 3.33. The van der Waals surface area contributed by atoms with Crippen molar-refractivity contribution < 1.29 is 32.6 Å². The summed E-state index contributed by atoms with van der Waals surface area (Å²) in [5.74, 6) is -0.683. The second-order valence-corrected chi connectivity index (χ2v) is 12.6. The first-order chi connectivity index (χ1) is 13.0. The summed E-state index contributed by atoms with van der Waals surface area (Å²) in [7, 11) is 6.11. The van der Waals surface area contributed by atoms with Crippen LogP contribution in [0.1, 0.15) is 52.4 Å². The standard InChI is InChI=1S/C18H36NO6PS2/c1-6-8-10-17(20)22-14-16(25-18(21)11-9-7-2)15-24-26(27,28)23-13-12-19(3,4)5/h16H,6-15H2,1-5H3/t16-/m1/s1. The summed E-state index contributed by atoms with van der Waals surface area (Å²) in [5.41, 5.74) is -2.89. The number of quaternary nitrogens is 1. The molecule has 0 aliphatic rings. The third-order valence-electron chi connectivity index (χ3n) is 3.63. The highest BCUT2D eigenvalue weighted by Crippen LogP contribution is 2.46. The third kappa shape index (κ3) is 16.7. The van der Waals surface area contributed by atoms with E-state index in [-0.39, 0.29) is 25.2 Å². The van der Waals surface area contributed by atoms with Gasteiger partial charge in [0.05, 0.1) is 33.4 Å². The average molecular weight is 458 g/mol. The van der Waals surface area contributed by atoms with E-state index in [1.165, 1.54) is 0 Å². The maximum Gasteiger partial charge on any atom is 0.306 e. The van der Waals surface area contributed by atoms with E-state index in [1.54, 1.807) is 0 Å². The molecule has 2 atom stereocenters. The van der Waals surface area contributed by atoms with E-state index < -0.39 is 11.8 Å². The molecule has 0 aliphatic heterocycles. The number of likely N-dealkylation sites (N-methyl/N-ethyl adjacent to an activating group) is 1. The Kier molecular flexibility index (Phi) is 14.7. The number of carbonyl (C=O) groups excluding carboxylic acids is 2. The van der Waals surface area contributed by atoms with Gasteiger partial charge in [-0.2, -0.15) is 0 Å². The summed E-state index contributed by atoms with van der Waals surface area (Å²) in [5, 5.41) is 0. The molecular weight excluding hydrogens is 421 g/mol. The first kappa shape index (κ1) is 27.8. The van der Waals surface area contributed by atoms with Gasteiger partial charge in [0.25, 0.3) is 0 Å². The van der Waals surface area contributed by atoms with Crippen molar-refractivity contribution in [3.63, 3.8) is 0 Å². The lowest BCUT2D eigenvalue weighted by molar-refractivity contribution is -0.870. The molecule has 0 heterocycles. The van der Waals surface area contributed by atoms with Crippen LogP contribution in [-0.4, -0.2) is 70.0 Å². The highest BCUT2D eigenvalue weighted by Gasteiger charge is 2.19. The Bertz CT molecular complexity index is 513. The zero-order valence-electron chi connectivity index (χ0n) is 17.8. The molecule has 10 heteroatoms. The molecule has 0 aromatic heterocycles.